The number of ether oxygens (including phenoxy) is 1. The van der Waals surface area contributed by atoms with Gasteiger partial charge in [-0.25, -0.2) is 0 Å². The van der Waals surface area contributed by atoms with E-state index in [1.54, 1.807) is 17.3 Å². The summed E-state index contributed by atoms with van der Waals surface area (Å²) in [6, 6.07) is 16.5. The van der Waals surface area contributed by atoms with Gasteiger partial charge in [-0.2, -0.15) is 0 Å². The van der Waals surface area contributed by atoms with Crippen molar-refractivity contribution in [3.05, 3.63) is 88.2 Å². The van der Waals surface area contributed by atoms with Gasteiger partial charge in [-0.05, 0) is 93.2 Å². The average Bonchev–Trinajstić information content (AvgIpc) is 3.09. The maximum absolute atomic E-state index is 13.3. The van der Waals surface area contributed by atoms with E-state index in [0.717, 1.165) is 41.6 Å². The molecular weight excluding hydrogens is 470 g/mol. The molecule has 36 heavy (non-hydrogen) atoms. The molecule has 0 radical (unpaired) electrons. The lowest BCUT2D eigenvalue weighted by molar-refractivity contribution is 0.0662. The summed E-state index contributed by atoms with van der Waals surface area (Å²) in [5, 5.41) is 0.554. The van der Waals surface area contributed by atoms with Gasteiger partial charge in [0.25, 0.3) is 5.91 Å². The topological polar surface area (TPSA) is 45.7 Å². The molecule has 0 spiro atoms. The molecular formula is C30H28ClN3O2. The second kappa shape index (κ2) is 9.61. The lowest BCUT2D eigenvalue weighted by Crippen LogP contribution is -2.43. The largest absolute Gasteiger partial charge is 0.489 e. The summed E-state index contributed by atoms with van der Waals surface area (Å²) in [4.78, 5) is 21.7. The van der Waals surface area contributed by atoms with Gasteiger partial charge in [-0.15, -0.1) is 0 Å². The molecule has 0 aliphatic carbocycles. The highest BCUT2D eigenvalue weighted by atomic mass is 35.5. The summed E-state index contributed by atoms with van der Waals surface area (Å²) >= 11 is 6.65. The maximum atomic E-state index is 13.3. The first-order chi connectivity index (χ1) is 17.5. The molecule has 2 fully saturated rings. The number of anilines is 1. The van der Waals surface area contributed by atoms with Crippen LogP contribution in [-0.4, -0.2) is 47.6 Å². The maximum Gasteiger partial charge on any atom is 0.258 e. The highest BCUT2D eigenvalue weighted by Gasteiger charge is 2.39. The fraction of sp³-hybridized carbons (Fsp3) is 0.333. The number of aromatic nitrogens is 1. The van der Waals surface area contributed by atoms with Gasteiger partial charge in [0.2, 0.25) is 0 Å². The number of rotatable bonds is 3. The summed E-state index contributed by atoms with van der Waals surface area (Å²) in [6.07, 6.45) is 9.02. The minimum Gasteiger partial charge on any atom is -0.489 e. The molecule has 6 rings (SSSR count). The Hall–Kier alpha value is -3.33. The van der Waals surface area contributed by atoms with Crippen molar-refractivity contribution < 1.29 is 9.53 Å². The first-order valence-electron chi connectivity index (χ1n) is 12.6. The minimum absolute atomic E-state index is 0.0142. The predicted molar refractivity (Wildman–Crippen MR) is 142 cm³/mol. The van der Waals surface area contributed by atoms with E-state index in [9.17, 15) is 4.79 Å². The third-order valence-corrected chi connectivity index (χ3v) is 8.07. The monoisotopic (exact) mass is 497 g/mol. The van der Waals surface area contributed by atoms with Gasteiger partial charge in [0.05, 0.1) is 5.02 Å². The number of fused-ring (bicyclic) bond motifs is 3. The van der Waals surface area contributed by atoms with Crippen molar-refractivity contribution in [1.29, 1.82) is 0 Å². The Morgan fingerprint density at radius 1 is 1.03 bits per heavy atom. The zero-order valence-corrected chi connectivity index (χ0v) is 21.0. The van der Waals surface area contributed by atoms with Crippen molar-refractivity contribution in [2.45, 2.75) is 50.3 Å². The Labute approximate surface area is 217 Å². The Bertz CT molecular complexity index is 1350. The molecule has 2 aromatic carbocycles. The molecule has 5 nitrogen and oxygen atoms in total. The fourth-order valence-electron chi connectivity index (χ4n) is 5.78. The molecule has 3 aromatic rings. The Balaban J connectivity index is 1.16. The van der Waals surface area contributed by atoms with Crippen LogP contribution in [0.25, 0.3) is 0 Å². The number of pyridine rings is 1. The van der Waals surface area contributed by atoms with E-state index in [4.69, 9.17) is 16.3 Å². The smallest absolute Gasteiger partial charge is 0.258 e. The second-order valence-electron chi connectivity index (χ2n) is 9.95. The number of carbonyl (C=O) groups is 1. The molecule has 0 N–H and O–H groups in total. The number of piperidine rings is 1. The van der Waals surface area contributed by atoms with Crippen LogP contribution >= 0.6 is 11.6 Å². The van der Waals surface area contributed by atoms with Crippen molar-refractivity contribution in [2.75, 3.05) is 18.5 Å². The van der Waals surface area contributed by atoms with E-state index in [1.807, 2.05) is 48.5 Å². The second-order valence-corrected chi connectivity index (χ2v) is 10.4. The van der Waals surface area contributed by atoms with Gasteiger partial charge in [0.1, 0.15) is 11.9 Å². The zero-order valence-electron chi connectivity index (χ0n) is 20.3. The minimum atomic E-state index is -0.0142. The van der Waals surface area contributed by atoms with E-state index >= 15 is 0 Å². The standard InChI is InChI=1S/C30H28ClN3O2/c1-33-23-7-8-24(33)17-26(16-23)36-29-11-9-25(18-28(29)31)34-14-12-22-15-20(6-10-27(22)30(34)35)4-5-21-3-2-13-32-19-21/h2-3,6,9-11,13,15,18-19,23-24,26H,7-8,12,14,16-17H2,1H3/t23-,24+,26+. The van der Waals surface area contributed by atoms with E-state index in [0.29, 0.717) is 35.0 Å². The summed E-state index contributed by atoms with van der Waals surface area (Å²) in [6.45, 7) is 0.597. The van der Waals surface area contributed by atoms with Gasteiger partial charge < -0.3 is 14.5 Å². The van der Waals surface area contributed by atoms with Gasteiger partial charge in [-0.3, -0.25) is 9.78 Å². The molecule has 1 aromatic heterocycles. The normalized spacial score (nSPS) is 23.1. The Morgan fingerprint density at radius 3 is 2.58 bits per heavy atom. The summed E-state index contributed by atoms with van der Waals surface area (Å²) in [5.74, 6) is 7.00. The first-order valence-corrected chi connectivity index (χ1v) is 13.0. The predicted octanol–water partition coefficient (Wildman–Crippen LogP) is 5.34. The zero-order chi connectivity index (χ0) is 24.6. The van der Waals surface area contributed by atoms with Crippen LogP contribution in [0.3, 0.4) is 0 Å². The number of benzene rings is 2. The van der Waals surface area contributed by atoms with Gasteiger partial charge in [-0.1, -0.05) is 23.4 Å². The number of carbonyl (C=O) groups excluding carboxylic acids is 1. The highest BCUT2D eigenvalue weighted by molar-refractivity contribution is 6.32. The molecule has 1 amide bonds. The molecule has 3 aliphatic rings. The van der Waals surface area contributed by atoms with E-state index in [-0.39, 0.29) is 12.0 Å². The first kappa shape index (κ1) is 23.1. The number of hydrogen-bond acceptors (Lipinski definition) is 4. The van der Waals surface area contributed by atoms with E-state index in [1.165, 1.54) is 12.8 Å². The summed E-state index contributed by atoms with van der Waals surface area (Å²) in [5.41, 5.74) is 4.30. The molecule has 2 bridgehead atoms. The number of halogens is 1. The van der Waals surface area contributed by atoms with Crippen LogP contribution in [0.15, 0.2) is 60.9 Å². The molecule has 0 unspecified atom stereocenters. The van der Waals surface area contributed by atoms with Crippen molar-refractivity contribution in [1.82, 2.24) is 9.88 Å². The quantitative estimate of drug-likeness (QED) is 0.458. The van der Waals surface area contributed by atoms with E-state index in [2.05, 4.69) is 28.8 Å². The van der Waals surface area contributed by atoms with Crippen LogP contribution in [-0.2, 0) is 6.42 Å². The summed E-state index contributed by atoms with van der Waals surface area (Å²) < 4.78 is 6.33. The van der Waals surface area contributed by atoms with Crippen LogP contribution in [0.2, 0.25) is 5.02 Å². The lowest BCUT2D eigenvalue weighted by atomic mass is 9.96. The van der Waals surface area contributed by atoms with Crippen molar-refractivity contribution in [3.63, 3.8) is 0 Å². The van der Waals surface area contributed by atoms with Crippen LogP contribution < -0.4 is 9.64 Å². The molecule has 3 aliphatic heterocycles. The SMILES string of the molecule is CN1[C@@H]2CC[C@H]1C[C@@H](Oc1ccc(N3CCc4cc(C#Cc5cccnc5)ccc4C3=O)cc1Cl)C2. The van der Waals surface area contributed by atoms with Crippen LogP contribution in [0, 0.1) is 11.8 Å². The fourth-order valence-corrected chi connectivity index (χ4v) is 6.00. The molecule has 2 saturated heterocycles. The molecule has 0 saturated carbocycles. The molecule has 4 heterocycles. The number of hydrogen-bond donors (Lipinski definition) is 0. The average molecular weight is 498 g/mol. The van der Waals surface area contributed by atoms with E-state index < -0.39 is 0 Å². The van der Waals surface area contributed by atoms with Crippen molar-refractivity contribution in [2.24, 2.45) is 0 Å². The summed E-state index contributed by atoms with van der Waals surface area (Å²) in [7, 11) is 2.23. The van der Waals surface area contributed by atoms with Crippen LogP contribution in [0.4, 0.5) is 5.69 Å². The number of nitrogens with zero attached hydrogens (tertiary/aromatic N) is 3. The van der Waals surface area contributed by atoms with Crippen LogP contribution in [0.1, 0.15) is 52.7 Å². The third kappa shape index (κ3) is 4.48. The van der Waals surface area contributed by atoms with Crippen LogP contribution in [0.5, 0.6) is 5.75 Å². The number of amides is 1. The Kier molecular flexibility index (Phi) is 6.17. The molecule has 182 valence electrons. The lowest BCUT2D eigenvalue weighted by Gasteiger charge is -2.36. The van der Waals surface area contributed by atoms with Gasteiger partial charge in [0.15, 0.2) is 0 Å². The van der Waals surface area contributed by atoms with Gasteiger partial charge in [0, 0.05) is 53.4 Å². The molecule has 3 atom stereocenters. The molecule has 6 heteroatoms. The van der Waals surface area contributed by atoms with Crippen molar-refractivity contribution >= 4 is 23.2 Å². The van der Waals surface area contributed by atoms with Gasteiger partial charge >= 0.3 is 0 Å². The Morgan fingerprint density at radius 2 is 1.83 bits per heavy atom. The van der Waals surface area contributed by atoms with Crippen molar-refractivity contribution in [3.8, 4) is 17.6 Å². The third-order valence-electron chi connectivity index (χ3n) is 7.77. The highest BCUT2D eigenvalue weighted by Crippen LogP contribution is 2.38.